The average molecular weight is 246 g/mol. The first-order chi connectivity index (χ1) is 8.79. The Morgan fingerprint density at radius 1 is 1.33 bits per heavy atom. The molecule has 2 rings (SSSR count). The monoisotopic (exact) mass is 246 g/mol. The molecule has 2 heterocycles. The van der Waals surface area contributed by atoms with Crippen LogP contribution in [0.3, 0.4) is 0 Å². The van der Waals surface area contributed by atoms with E-state index in [4.69, 9.17) is 0 Å². The van der Waals surface area contributed by atoms with E-state index in [0.717, 1.165) is 26.1 Å². The van der Waals surface area contributed by atoms with E-state index in [9.17, 15) is 0 Å². The molecule has 0 aliphatic heterocycles. The molecular weight excluding hydrogens is 224 g/mol. The second-order valence-electron chi connectivity index (χ2n) is 4.63. The summed E-state index contributed by atoms with van der Waals surface area (Å²) in [4.78, 5) is 0. The van der Waals surface area contributed by atoms with Gasteiger partial charge in [0.2, 0.25) is 0 Å². The molecule has 4 heteroatoms. The van der Waals surface area contributed by atoms with Gasteiger partial charge < -0.3 is 9.88 Å². The Hall–Kier alpha value is -1.55. The fraction of sp³-hybridized carbons (Fsp3) is 0.500. The van der Waals surface area contributed by atoms with Crippen molar-refractivity contribution in [1.82, 2.24) is 19.7 Å². The van der Waals surface area contributed by atoms with Gasteiger partial charge in [0.15, 0.2) is 0 Å². The van der Waals surface area contributed by atoms with Crippen LogP contribution < -0.4 is 5.32 Å². The largest absolute Gasteiger partial charge is 0.354 e. The van der Waals surface area contributed by atoms with E-state index in [1.54, 1.807) is 0 Å². The molecule has 0 aliphatic rings. The summed E-state index contributed by atoms with van der Waals surface area (Å²) in [6.07, 6.45) is 8.43. The first-order valence-electron chi connectivity index (χ1n) is 6.62. The third-order valence-electron chi connectivity index (χ3n) is 3.10. The lowest BCUT2D eigenvalue weighted by atomic mass is 10.3. The zero-order valence-corrected chi connectivity index (χ0v) is 11.3. The molecule has 0 aromatic carbocycles. The molecule has 0 radical (unpaired) electrons. The van der Waals surface area contributed by atoms with E-state index in [2.05, 4.69) is 46.4 Å². The van der Waals surface area contributed by atoms with Gasteiger partial charge in [-0.25, -0.2) is 0 Å². The lowest BCUT2D eigenvalue weighted by molar-refractivity contribution is 0.639. The summed E-state index contributed by atoms with van der Waals surface area (Å²) in [5, 5.41) is 7.63. The van der Waals surface area contributed by atoms with Gasteiger partial charge in [-0.3, -0.25) is 4.68 Å². The predicted octanol–water partition coefficient (Wildman–Crippen LogP) is 1.96. The molecule has 98 valence electrons. The summed E-state index contributed by atoms with van der Waals surface area (Å²) in [5.41, 5.74) is 2.62. The molecule has 2 aromatic rings. The van der Waals surface area contributed by atoms with Crippen LogP contribution >= 0.6 is 0 Å². The summed E-state index contributed by atoms with van der Waals surface area (Å²) in [6.45, 7) is 5.23. The fourth-order valence-corrected chi connectivity index (χ4v) is 2.09. The number of rotatable bonds is 7. The van der Waals surface area contributed by atoms with Crippen LogP contribution in [-0.2, 0) is 26.6 Å². The molecule has 2 aromatic heterocycles. The van der Waals surface area contributed by atoms with Gasteiger partial charge in [-0.05, 0) is 24.1 Å². The van der Waals surface area contributed by atoms with Crippen molar-refractivity contribution in [1.29, 1.82) is 0 Å². The van der Waals surface area contributed by atoms with Gasteiger partial charge in [0, 0.05) is 57.4 Å². The van der Waals surface area contributed by atoms with Gasteiger partial charge in [-0.15, -0.1) is 0 Å². The van der Waals surface area contributed by atoms with E-state index in [1.807, 2.05) is 17.9 Å². The van der Waals surface area contributed by atoms with Gasteiger partial charge in [-0.1, -0.05) is 6.92 Å². The molecule has 1 N–H and O–H groups in total. The minimum absolute atomic E-state index is 0.939. The normalized spacial score (nSPS) is 11.0. The van der Waals surface area contributed by atoms with Crippen molar-refractivity contribution in [3.8, 4) is 0 Å². The zero-order chi connectivity index (χ0) is 12.8. The van der Waals surface area contributed by atoms with Crippen LogP contribution in [0.4, 0.5) is 0 Å². The van der Waals surface area contributed by atoms with Gasteiger partial charge in [0.05, 0.1) is 0 Å². The highest BCUT2D eigenvalue weighted by Gasteiger charge is 1.99. The lowest BCUT2D eigenvalue weighted by Gasteiger charge is -2.04. The van der Waals surface area contributed by atoms with E-state index in [1.165, 1.54) is 17.7 Å². The van der Waals surface area contributed by atoms with E-state index >= 15 is 0 Å². The smallest absolute Gasteiger partial charge is 0.0492 e. The van der Waals surface area contributed by atoms with Gasteiger partial charge >= 0.3 is 0 Å². The second-order valence-corrected chi connectivity index (χ2v) is 4.63. The Bertz CT molecular complexity index is 470. The summed E-state index contributed by atoms with van der Waals surface area (Å²) in [6, 6.07) is 4.26. The number of aryl methyl sites for hydroxylation is 2. The topological polar surface area (TPSA) is 34.8 Å². The van der Waals surface area contributed by atoms with Gasteiger partial charge in [0.1, 0.15) is 0 Å². The molecule has 0 fully saturated rings. The molecule has 0 spiro atoms. The standard InChI is InChI=1S/C14H22N4/c1-3-9-18-10-6-13(12-18)11-15-7-4-14-5-8-16-17(14)2/h5-6,8,10,12,15H,3-4,7,9,11H2,1-2H3. The van der Waals surface area contributed by atoms with Crippen LogP contribution in [0.5, 0.6) is 0 Å². The van der Waals surface area contributed by atoms with E-state index in [-0.39, 0.29) is 0 Å². The SMILES string of the molecule is CCCn1ccc(CNCCc2ccnn2C)c1. The minimum atomic E-state index is 0.939. The molecule has 0 unspecified atom stereocenters. The Morgan fingerprint density at radius 2 is 2.22 bits per heavy atom. The van der Waals surface area contributed by atoms with E-state index < -0.39 is 0 Å². The summed E-state index contributed by atoms with van der Waals surface area (Å²) < 4.78 is 4.18. The maximum absolute atomic E-state index is 4.16. The average Bonchev–Trinajstić information content (AvgIpc) is 2.95. The molecular formula is C14H22N4. The molecule has 0 saturated carbocycles. The Kier molecular flexibility index (Phi) is 4.59. The van der Waals surface area contributed by atoms with E-state index in [0.29, 0.717) is 0 Å². The van der Waals surface area contributed by atoms with Crippen molar-refractivity contribution in [3.05, 3.63) is 42.0 Å². The number of nitrogens with one attached hydrogen (secondary N) is 1. The van der Waals surface area contributed by atoms with Crippen LogP contribution in [-0.4, -0.2) is 20.9 Å². The van der Waals surface area contributed by atoms with Crippen molar-refractivity contribution < 1.29 is 0 Å². The summed E-state index contributed by atoms with van der Waals surface area (Å²) >= 11 is 0. The minimum Gasteiger partial charge on any atom is -0.354 e. The molecule has 18 heavy (non-hydrogen) atoms. The highest BCUT2D eigenvalue weighted by molar-refractivity contribution is 5.10. The first kappa shape index (κ1) is 12.9. The van der Waals surface area contributed by atoms with Crippen LogP contribution in [0.15, 0.2) is 30.7 Å². The van der Waals surface area contributed by atoms with Crippen LogP contribution in [0, 0.1) is 0 Å². The molecule has 0 saturated heterocycles. The zero-order valence-electron chi connectivity index (χ0n) is 11.3. The third-order valence-corrected chi connectivity index (χ3v) is 3.10. The summed E-state index contributed by atoms with van der Waals surface area (Å²) in [5.74, 6) is 0. The highest BCUT2D eigenvalue weighted by Crippen LogP contribution is 2.02. The van der Waals surface area contributed by atoms with Crippen LogP contribution in [0.2, 0.25) is 0 Å². The maximum atomic E-state index is 4.16. The number of hydrogen-bond acceptors (Lipinski definition) is 2. The molecule has 0 amide bonds. The van der Waals surface area contributed by atoms with Crippen LogP contribution in [0.25, 0.3) is 0 Å². The second kappa shape index (κ2) is 6.40. The van der Waals surface area contributed by atoms with Crippen molar-refractivity contribution in [2.75, 3.05) is 6.54 Å². The number of hydrogen-bond donors (Lipinski definition) is 1. The Morgan fingerprint density at radius 3 is 2.94 bits per heavy atom. The van der Waals surface area contributed by atoms with Crippen molar-refractivity contribution in [3.63, 3.8) is 0 Å². The number of aromatic nitrogens is 3. The van der Waals surface area contributed by atoms with Crippen molar-refractivity contribution in [2.45, 2.75) is 32.9 Å². The molecule has 0 bridgehead atoms. The van der Waals surface area contributed by atoms with Gasteiger partial charge in [-0.2, -0.15) is 5.10 Å². The highest BCUT2D eigenvalue weighted by atomic mass is 15.3. The lowest BCUT2D eigenvalue weighted by Crippen LogP contribution is -2.17. The Balaban J connectivity index is 1.70. The van der Waals surface area contributed by atoms with Crippen LogP contribution in [0.1, 0.15) is 24.6 Å². The Labute approximate surface area is 109 Å². The predicted molar refractivity (Wildman–Crippen MR) is 73.3 cm³/mol. The molecule has 0 atom stereocenters. The summed E-state index contributed by atoms with van der Waals surface area (Å²) in [7, 11) is 1.99. The molecule has 4 nitrogen and oxygen atoms in total. The fourth-order valence-electron chi connectivity index (χ4n) is 2.09. The van der Waals surface area contributed by atoms with Crippen molar-refractivity contribution in [2.24, 2.45) is 7.05 Å². The maximum Gasteiger partial charge on any atom is 0.0492 e. The van der Waals surface area contributed by atoms with Gasteiger partial charge in [0.25, 0.3) is 0 Å². The molecule has 0 aliphatic carbocycles. The quantitative estimate of drug-likeness (QED) is 0.758. The van der Waals surface area contributed by atoms with Crippen molar-refractivity contribution >= 4 is 0 Å². The third kappa shape index (κ3) is 3.47. The number of nitrogens with zero attached hydrogens (tertiary/aromatic N) is 3. The first-order valence-corrected chi connectivity index (χ1v) is 6.62.